The largest absolute Gasteiger partial charge is 0.248 e. The molecule has 0 N–H and O–H groups in total. The highest BCUT2D eigenvalue weighted by atomic mass is 35.5. The van der Waals surface area contributed by atoms with Gasteiger partial charge in [0.1, 0.15) is 6.33 Å². The molecular formula is C18H15ClN4. The Morgan fingerprint density at radius 2 is 1.87 bits per heavy atom. The molecule has 2 heterocycles. The summed E-state index contributed by atoms with van der Waals surface area (Å²) in [6.07, 6.45) is 2.34. The predicted octanol–water partition coefficient (Wildman–Crippen LogP) is 4.35. The Bertz CT molecular complexity index is 880. The molecule has 1 aliphatic rings. The summed E-state index contributed by atoms with van der Waals surface area (Å²) < 4.78 is 1.90. The number of rotatable bonds is 2. The molecule has 1 aromatic heterocycles. The third-order valence-electron chi connectivity index (χ3n) is 4.20. The smallest absolute Gasteiger partial charge is 0.222 e. The van der Waals surface area contributed by atoms with Crippen LogP contribution in [-0.4, -0.2) is 20.5 Å². The zero-order valence-corrected chi connectivity index (χ0v) is 13.4. The van der Waals surface area contributed by atoms with E-state index < -0.39 is 0 Å². The molecule has 23 heavy (non-hydrogen) atoms. The highest BCUT2D eigenvalue weighted by Gasteiger charge is 2.26. The number of fused-ring (bicyclic) bond motifs is 1. The topological polar surface area (TPSA) is 43.1 Å². The van der Waals surface area contributed by atoms with E-state index in [9.17, 15) is 0 Å². The van der Waals surface area contributed by atoms with Crippen LogP contribution >= 0.6 is 11.6 Å². The molecule has 0 amide bonds. The van der Waals surface area contributed by atoms with Gasteiger partial charge in [-0.25, -0.2) is 9.67 Å². The second-order valence-electron chi connectivity index (χ2n) is 5.65. The van der Waals surface area contributed by atoms with Crippen LogP contribution in [0.3, 0.4) is 0 Å². The van der Waals surface area contributed by atoms with Crippen molar-refractivity contribution in [1.29, 1.82) is 0 Å². The third-order valence-corrected chi connectivity index (χ3v) is 4.45. The lowest BCUT2D eigenvalue weighted by atomic mass is 9.93. The summed E-state index contributed by atoms with van der Waals surface area (Å²) in [5.41, 5.74) is 4.58. The van der Waals surface area contributed by atoms with Gasteiger partial charge in [0.2, 0.25) is 5.95 Å². The van der Waals surface area contributed by atoms with E-state index in [4.69, 9.17) is 11.6 Å². The standard InChI is InChI=1S/C18H15ClN4/c1-12-4-2-3-5-15(12)17-10-16(13-6-8-14(19)9-7-13)22-18-20-11-21-23(17)18/h2-9,11,17H,10H2,1H3. The first-order chi connectivity index (χ1) is 11.2. The van der Waals surface area contributed by atoms with E-state index >= 15 is 0 Å². The van der Waals surface area contributed by atoms with E-state index in [0.29, 0.717) is 5.95 Å². The number of nitrogens with zero attached hydrogens (tertiary/aromatic N) is 4. The summed E-state index contributed by atoms with van der Waals surface area (Å²) in [6.45, 7) is 2.12. The lowest BCUT2D eigenvalue weighted by Gasteiger charge is -2.25. The maximum absolute atomic E-state index is 5.99. The van der Waals surface area contributed by atoms with Crippen molar-refractivity contribution in [3.05, 3.63) is 76.6 Å². The maximum atomic E-state index is 5.99. The number of halogens is 1. The summed E-state index contributed by atoms with van der Waals surface area (Å²) >= 11 is 5.99. The Labute approximate surface area is 139 Å². The summed E-state index contributed by atoms with van der Waals surface area (Å²) in [5.74, 6) is 0.648. The fourth-order valence-corrected chi connectivity index (χ4v) is 3.13. The van der Waals surface area contributed by atoms with E-state index in [1.165, 1.54) is 11.1 Å². The van der Waals surface area contributed by atoms with Crippen molar-refractivity contribution in [2.45, 2.75) is 19.4 Å². The van der Waals surface area contributed by atoms with Crippen molar-refractivity contribution >= 4 is 23.3 Å². The van der Waals surface area contributed by atoms with Crippen LogP contribution in [0.2, 0.25) is 5.02 Å². The molecule has 3 aromatic rings. The molecule has 0 bridgehead atoms. The van der Waals surface area contributed by atoms with Gasteiger partial charge < -0.3 is 0 Å². The van der Waals surface area contributed by atoms with Crippen molar-refractivity contribution in [2.75, 3.05) is 0 Å². The van der Waals surface area contributed by atoms with E-state index in [1.807, 2.05) is 28.9 Å². The maximum Gasteiger partial charge on any atom is 0.248 e. The number of hydrogen-bond donors (Lipinski definition) is 0. The minimum Gasteiger partial charge on any atom is -0.222 e. The number of aromatic nitrogens is 3. The average Bonchev–Trinajstić information content (AvgIpc) is 3.04. The van der Waals surface area contributed by atoms with E-state index in [2.05, 4.69) is 46.3 Å². The minimum atomic E-state index is 0.108. The molecular weight excluding hydrogens is 308 g/mol. The van der Waals surface area contributed by atoms with Crippen molar-refractivity contribution in [3.8, 4) is 0 Å². The van der Waals surface area contributed by atoms with Crippen LogP contribution in [0, 0.1) is 6.92 Å². The summed E-state index contributed by atoms with van der Waals surface area (Å²) in [7, 11) is 0. The van der Waals surface area contributed by atoms with Crippen LogP contribution in [0.5, 0.6) is 0 Å². The molecule has 0 radical (unpaired) electrons. The van der Waals surface area contributed by atoms with Crippen LogP contribution in [0.1, 0.15) is 29.2 Å². The summed E-state index contributed by atoms with van der Waals surface area (Å²) in [6, 6.07) is 16.3. The van der Waals surface area contributed by atoms with Gasteiger partial charge in [0, 0.05) is 11.4 Å². The second-order valence-corrected chi connectivity index (χ2v) is 6.08. The summed E-state index contributed by atoms with van der Waals surface area (Å²) in [5, 5.41) is 5.10. The van der Waals surface area contributed by atoms with Crippen molar-refractivity contribution in [3.63, 3.8) is 0 Å². The minimum absolute atomic E-state index is 0.108. The molecule has 4 nitrogen and oxygen atoms in total. The highest BCUT2D eigenvalue weighted by molar-refractivity contribution is 6.30. The first-order valence-corrected chi connectivity index (χ1v) is 7.89. The van der Waals surface area contributed by atoms with Gasteiger partial charge in [-0.3, -0.25) is 0 Å². The molecule has 0 spiro atoms. The van der Waals surface area contributed by atoms with E-state index in [-0.39, 0.29) is 6.04 Å². The zero-order chi connectivity index (χ0) is 15.8. The first kappa shape index (κ1) is 14.2. The van der Waals surface area contributed by atoms with Gasteiger partial charge in [0.15, 0.2) is 0 Å². The first-order valence-electron chi connectivity index (χ1n) is 7.51. The summed E-state index contributed by atoms with van der Waals surface area (Å²) in [4.78, 5) is 8.97. The fourth-order valence-electron chi connectivity index (χ4n) is 3.01. The lowest BCUT2D eigenvalue weighted by Crippen LogP contribution is -2.21. The van der Waals surface area contributed by atoms with Crippen molar-refractivity contribution in [2.24, 2.45) is 4.99 Å². The number of hydrogen-bond acceptors (Lipinski definition) is 3. The van der Waals surface area contributed by atoms with Gasteiger partial charge in [-0.1, -0.05) is 48.0 Å². The Morgan fingerprint density at radius 1 is 1.09 bits per heavy atom. The highest BCUT2D eigenvalue weighted by Crippen LogP contribution is 2.33. The second kappa shape index (κ2) is 5.63. The van der Waals surface area contributed by atoms with E-state index in [0.717, 1.165) is 22.7 Å². The molecule has 0 fully saturated rings. The van der Waals surface area contributed by atoms with Crippen LogP contribution in [0.4, 0.5) is 5.95 Å². The van der Waals surface area contributed by atoms with Crippen molar-refractivity contribution < 1.29 is 0 Å². The van der Waals surface area contributed by atoms with Crippen LogP contribution in [-0.2, 0) is 0 Å². The van der Waals surface area contributed by atoms with Gasteiger partial charge >= 0.3 is 0 Å². The number of aryl methyl sites for hydroxylation is 1. The van der Waals surface area contributed by atoms with Crippen LogP contribution in [0.25, 0.3) is 0 Å². The van der Waals surface area contributed by atoms with Crippen LogP contribution in [0.15, 0.2) is 59.9 Å². The lowest BCUT2D eigenvalue weighted by molar-refractivity contribution is 0.529. The average molecular weight is 323 g/mol. The molecule has 0 saturated carbocycles. The third kappa shape index (κ3) is 2.55. The van der Waals surface area contributed by atoms with Gasteiger partial charge in [-0.15, -0.1) is 0 Å². The Morgan fingerprint density at radius 3 is 2.65 bits per heavy atom. The molecule has 2 aromatic carbocycles. The monoisotopic (exact) mass is 322 g/mol. The SMILES string of the molecule is Cc1ccccc1C1CC(c2ccc(Cl)cc2)=Nc2ncnn21. The Kier molecular flexibility index (Phi) is 3.46. The molecule has 1 unspecified atom stereocenters. The molecule has 0 aliphatic carbocycles. The normalized spacial score (nSPS) is 16.8. The zero-order valence-electron chi connectivity index (χ0n) is 12.6. The Hall–Kier alpha value is -2.46. The fraction of sp³-hybridized carbons (Fsp3) is 0.167. The predicted molar refractivity (Wildman–Crippen MR) is 91.6 cm³/mol. The van der Waals surface area contributed by atoms with Crippen LogP contribution < -0.4 is 0 Å². The molecule has 4 rings (SSSR count). The van der Waals surface area contributed by atoms with Gasteiger partial charge in [0.25, 0.3) is 0 Å². The molecule has 1 atom stereocenters. The van der Waals surface area contributed by atoms with Gasteiger partial charge in [0.05, 0.1) is 11.8 Å². The Balaban J connectivity index is 1.81. The van der Waals surface area contributed by atoms with Gasteiger partial charge in [-0.2, -0.15) is 10.1 Å². The van der Waals surface area contributed by atoms with E-state index in [1.54, 1.807) is 6.33 Å². The molecule has 0 saturated heterocycles. The van der Waals surface area contributed by atoms with Gasteiger partial charge in [-0.05, 0) is 35.7 Å². The number of benzene rings is 2. The quantitative estimate of drug-likeness (QED) is 0.703. The molecule has 5 heteroatoms. The van der Waals surface area contributed by atoms with Crippen molar-refractivity contribution in [1.82, 2.24) is 14.8 Å². The molecule has 114 valence electrons. The molecule has 1 aliphatic heterocycles. The number of aliphatic imine (C=N–C) groups is 1.